The first-order chi connectivity index (χ1) is 12.8. The normalized spacial score (nSPS) is 11.4. The maximum absolute atomic E-state index is 12.5. The van der Waals surface area contributed by atoms with Gasteiger partial charge in [0.15, 0.2) is 0 Å². The van der Waals surface area contributed by atoms with Gasteiger partial charge < -0.3 is 15.2 Å². The zero-order valence-electron chi connectivity index (χ0n) is 14.0. The number of phenols is 1. The number of hydrogen-bond acceptors (Lipinski definition) is 4. The molecule has 5 nitrogen and oxygen atoms in total. The summed E-state index contributed by atoms with van der Waals surface area (Å²) in [6.45, 7) is -0.00380. The topological polar surface area (TPSA) is 71.5 Å². The zero-order valence-corrected chi connectivity index (χ0v) is 14.0. The fraction of sp³-hybridized carbons (Fsp3) is 0.158. The van der Waals surface area contributed by atoms with Gasteiger partial charge in [-0.05, 0) is 35.4 Å². The van der Waals surface area contributed by atoms with E-state index in [9.17, 15) is 23.1 Å². The third kappa shape index (κ3) is 4.46. The Morgan fingerprint density at radius 3 is 2.56 bits per heavy atom. The molecule has 1 aromatic heterocycles. The molecule has 140 valence electrons. The minimum atomic E-state index is -4.40. The largest absolute Gasteiger partial charge is 0.506 e. The standard InChI is InChI=1S/C19H15F3N2O3/c20-19(21,22)14-6-3-12(4-7-14)10-24-18(26)27-11-13-5-8-16(25)17-15(13)2-1-9-23-17/h1-9,25H,10-11H2,(H,24,26). The predicted octanol–water partition coefficient (Wildman–Crippen LogP) is 4.39. The van der Waals surface area contributed by atoms with E-state index in [1.165, 1.54) is 18.2 Å². The van der Waals surface area contributed by atoms with Gasteiger partial charge in [0.25, 0.3) is 0 Å². The summed E-state index contributed by atoms with van der Waals surface area (Å²) < 4.78 is 42.7. The SMILES string of the molecule is O=C(NCc1ccc(C(F)(F)F)cc1)OCc1ccc(O)c2ncccc12. The number of amides is 1. The average Bonchev–Trinajstić information content (AvgIpc) is 2.66. The first-order valence-electron chi connectivity index (χ1n) is 7.97. The molecular weight excluding hydrogens is 361 g/mol. The number of rotatable bonds is 4. The number of fused-ring (bicyclic) bond motifs is 1. The van der Waals surface area contributed by atoms with Gasteiger partial charge in [-0.1, -0.05) is 24.3 Å². The molecule has 2 aromatic carbocycles. The number of alkyl carbamates (subject to hydrolysis) is 1. The van der Waals surface area contributed by atoms with Crippen molar-refractivity contribution in [1.29, 1.82) is 0 Å². The first-order valence-corrected chi connectivity index (χ1v) is 7.97. The number of carbonyl (C=O) groups excluding carboxylic acids is 1. The van der Waals surface area contributed by atoms with E-state index in [1.807, 2.05) is 0 Å². The Morgan fingerprint density at radius 1 is 1.11 bits per heavy atom. The molecule has 0 atom stereocenters. The van der Waals surface area contributed by atoms with E-state index in [1.54, 1.807) is 24.4 Å². The van der Waals surface area contributed by atoms with Crippen LogP contribution in [0.5, 0.6) is 5.75 Å². The van der Waals surface area contributed by atoms with E-state index in [0.29, 0.717) is 22.0 Å². The van der Waals surface area contributed by atoms with Crippen molar-refractivity contribution in [2.75, 3.05) is 0 Å². The Bertz CT molecular complexity index is 957. The lowest BCUT2D eigenvalue weighted by molar-refractivity contribution is -0.137. The molecule has 3 rings (SSSR count). The first kappa shape index (κ1) is 18.5. The van der Waals surface area contributed by atoms with E-state index in [2.05, 4.69) is 10.3 Å². The number of benzene rings is 2. The van der Waals surface area contributed by atoms with Gasteiger partial charge in [-0.15, -0.1) is 0 Å². The molecule has 1 amide bonds. The maximum Gasteiger partial charge on any atom is 0.416 e. The lowest BCUT2D eigenvalue weighted by Gasteiger charge is -2.10. The molecule has 2 N–H and O–H groups in total. The van der Waals surface area contributed by atoms with Crippen molar-refractivity contribution in [3.8, 4) is 5.75 Å². The molecule has 0 radical (unpaired) electrons. The van der Waals surface area contributed by atoms with Crippen LogP contribution in [0, 0.1) is 0 Å². The minimum absolute atomic E-state index is 0.0288. The Morgan fingerprint density at radius 2 is 1.85 bits per heavy atom. The summed E-state index contributed by atoms with van der Waals surface area (Å²) in [7, 11) is 0. The van der Waals surface area contributed by atoms with Gasteiger partial charge in [-0.25, -0.2) is 4.79 Å². The van der Waals surface area contributed by atoms with E-state index in [-0.39, 0.29) is 18.9 Å². The molecule has 8 heteroatoms. The molecule has 0 aliphatic heterocycles. The van der Waals surface area contributed by atoms with Gasteiger partial charge >= 0.3 is 12.3 Å². The molecule has 0 spiro atoms. The lowest BCUT2D eigenvalue weighted by atomic mass is 10.1. The summed E-state index contributed by atoms with van der Waals surface area (Å²) in [4.78, 5) is 15.9. The van der Waals surface area contributed by atoms with Crippen molar-refractivity contribution in [2.24, 2.45) is 0 Å². The highest BCUT2D eigenvalue weighted by molar-refractivity contribution is 5.87. The van der Waals surface area contributed by atoms with Crippen LogP contribution in [-0.4, -0.2) is 16.2 Å². The number of nitrogens with zero attached hydrogens (tertiary/aromatic N) is 1. The van der Waals surface area contributed by atoms with Crippen molar-refractivity contribution >= 4 is 17.0 Å². The highest BCUT2D eigenvalue weighted by Gasteiger charge is 2.29. The van der Waals surface area contributed by atoms with Gasteiger partial charge in [-0.3, -0.25) is 4.98 Å². The third-order valence-corrected chi connectivity index (χ3v) is 3.92. The molecule has 0 aliphatic carbocycles. The van der Waals surface area contributed by atoms with Crippen LogP contribution < -0.4 is 5.32 Å². The average molecular weight is 376 g/mol. The van der Waals surface area contributed by atoms with Crippen LogP contribution in [0.15, 0.2) is 54.7 Å². The molecular formula is C19H15F3N2O3. The van der Waals surface area contributed by atoms with Crippen LogP contribution in [0.3, 0.4) is 0 Å². The Labute approximate surface area is 152 Å². The van der Waals surface area contributed by atoms with Crippen molar-refractivity contribution < 1.29 is 27.8 Å². The third-order valence-electron chi connectivity index (χ3n) is 3.92. The number of pyridine rings is 1. The van der Waals surface area contributed by atoms with E-state index in [4.69, 9.17) is 4.74 Å². The van der Waals surface area contributed by atoms with Crippen LogP contribution in [0.1, 0.15) is 16.7 Å². The quantitative estimate of drug-likeness (QED) is 0.709. The fourth-order valence-corrected chi connectivity index (χ4v) is 2.52. The van der Waals surface area contributed by atoms with Crippen LogP contribution in [0.2, 0.25) is 0 Å². The number of halogens is 3. The molecule has 0 fully saturated rings. The molecule has 0 aliphatic rings. The summed E-state index contributed by atoms with van der Waals surface area (Å²) in [6.07, 6.45) is -3.56. The second-order valence-electron chi connectivity index (χ2n) is 5.77. The summed E-state index contributed by atoms with van der Waals surface area (Å²) in [5.41, 5.74) is 0.838. The second-order valence-corrected chi connectivity index (χ2v) is 5.77. The summed E-state index contributed by atoms with van der Waals surface area (Å²) in [5.74, 6) is 0.0288. The van der Waals surface area contributed by atoms with Crippen molar-refractivity contribution in [3.63, 3.8) is 0 Å². The molecule has 0 saturated carbocycles. The lowest BCUT2D eigenvalue weighted by Crippen LogP contribution is -2.23. The van der Waals surface area contributed by atoms with E-state index >= 15 is 0 Å². The van der Waals surface area contributed by atoms with Crippen LogP contribution >= 0.6 is 0 Å². The van der Waals surface area contributed by atoms with Gasteiger partial charge in [0.2, 0.25) is 0 Å². The predicted molar refractivity (Wildman–Crippen MR) is 91.9 cm³/mol. The van der Waals surface area contributed by atoms with Gasteiger partial charge in [-0.2, -0.15) is 13.2 Å². The number of aromatic nitrogens is 1. The van der Waals surface area contributed by atoms with Crippen molar-refractivity contribution in [1.82, 2.24) is 10.3 Å². The molecule has 0 unspecified atom stereocenters. The molecule has 0 saturated heterocycles. The molecule has 27 heavy (non-hydrogen) atoms. The maximum atomic E-state index is 12.5. The molecule has 1 heterocycles. The second kappa shape index (κ2) is 7.53. The number of hydrogen-bond donors (Lipinski definition) is 2. The monoisotopic (exact) mass is 376 g/mol. The fourth-order valence-electron chi connectivity index (χ4n) is 2.52. The number of carbonyl (C=O) groups is 1. The summed E-state index contributed by atoms with van der Waals surface area (Å²) >= 11 is 0. The number of nitrogens with one attached hydrogen (secondary N) is 1. The van der Waals surface area contributed by atoms with Crippen LogP contribution in [-0.2, 0) is 24.1 Å². The van der Waals surface area contributed by atoms with Gasteiger partial charge in [0.05, 0.1) is 5.56 Å². The highest BCUT2D eigenvalue weighted by Crippen LogP contribution is 2.29. The highest BCUT2D eigenvalue weighted by atomic mass is 19.4. The van der Waals surface area contributed by atoms with E-state index in [0.717, 1.165) is 12.1 Å². The number of alkyl halides is 3. The smallest absolute Gasteiger partial charge is 0.416 e. The number of phenolic OH excluding ortho intramolecular Hbond substituents is 1. The van der Waals surface area contributed by atoms with Crippen molar-refractivity contribution in [2.45, 2.75) is 19.3 Å². The molecule has 0 bridgehead atoms. The summed E-state index contributed by atoms with van der Waals surface area (Å²) in [6, 6.07) is 11.0. The van der Waals surface area contributed by atoms with Gasteiger partial charge in [0, 0.05) is 18.1 Å². The Kier molecular flexibility index (Phi) is 5.16. The Balaban J connectivity index is 1.57. The van der Waals surface area contributed by atoms with Crippen LogP contribution in [0.4, 0.5) is 18.0 Å². The summed E-state index contributed by atoms with van der Waals surface area (Å²) in [5, 5.41) is 12.9. The zero-order chi connectivity index (χ0) is 19.4. The number of ether oxygens (including phenoxy) is 1. The van der Waals surface area contributed by atoms with Crippen molar-refractivity contribution in [3.05, 3.63) is 71.4 Å². The van der Waals surface area contributed by atoms with Crippen LogP contribution in [0.25, 0.3) is 10.9 Å². The molecule has 3 aromatic rings. The van der Waals surface area contributed by atoms with Gasteiger partial charge in [0.1, 0.15) is 17.9 Å². The number of aromatic hydroxyl groups is 1. The Hall–Kier alpha value is -3.29. The van der Waals surface area contributed by atoms with E-state index < -0.39 is 17.8 Å². The minimum Gasteiger partial charge on any atom is -0.506 e.